The van der Waals surface area contributed by atoms with Gasteiger partial charge in [0.05, 0.1) is 24.7 Å². The fourth-order valence-corrected chi connectivity index (χ4v) is 2.56. The summed E-state index contributed by atoms with van der Waals surface area (Å²) >= 11 is 0. The van der Waals surface area contributed by atoms with E-state index in [1.165, 1.54) is 69.3 Å². The fraction of sp³-hybridized carbons (Fsp3) is 0.455. The quantitative estimate of drug-likeness (QED) is 0.474. The molecule has 0 fully saturated rings. The maximum atomic E-state index is 10.5. The van der Waals surface area contributed by atoms with Crippen LogP contribution in [0.5, 0.6) is 0 Å². The maximum Gasteiger partial charge on any atom is 0.336 e. The number of rotatable bonds is 9. The van der Waals surface area contributed by atoms with Crippen molar-refractivity contribution in [1.82, 2.24) is 4.57 Å². The largest absolute Gasteiger partial charge is 0.550 e. The molecule has 166 valence electrons. The highest BCUT2D eigenvalue weighted by atomic mass is 16.4. The summed E-state index contributed by atoms with van der Waals surface area (Å²) in [6, 6.07) is 5.48. The van der Waals surface area contributed by atoms with Crippen LogP contribution >= 0.6 is 0 Å². The van der Waals surface area contributed by atoms with Gasteiger partial charge < -0.3 is 20.1 Å². The second-order valence-corrected chi connectivity index (χ2v) is 6.73. The van der Waals surface area contributed by atoms with Crippen molar-refractivity contribution < 1.29 is 34.3 Å². The predicted molar refractivity (Wildman–Crippen MR) is 110 cm³/mol. The average Bonchev–Trinajstić information content (AvgIpc) is 3.09. The van der Waals surface area contributed by atoms with E-state index < -0.39 is 17.9 Å². The molecule has 0 aliphatic heterocycles. The number of carbonyl (C=O) groups excluding carboxylic acids is 1. The number of carboxylic acid groups (broad SMARTS) is 3. The summed E-state index contributed by atoms with van der Waals surface area (Å²) in [7, 11) is 2.07. The van der Waals surface area contributed by atoms with Crippen LogP contribution in [-0.4, -0.2) is 32.7 Å². The van der Waals surface area contributed by atoms with Gasteiger partial charge >= 0.3 is 11.9 Å². The Morgan fingerprint density at radius 2 is 1.43 bits per heavy atom. The molecule has 2 rings (SSSR count). The van der Waals surface area contributed by atoms with Crippen molar-refractivity contribution >= 4 is 17.9 Å². The number of unbranched alkanes of at least 4 members (excludes halogenated alkanes) is 5. The van der Waals surface area contributed by atoms with Crippen molar-refractivity contribution in [3.05, 3.63) is 54.1 Å². The van der Waals surface area contributed by atoms with Gasteiger partial charge in [-0.25, -0.2) is 18.7 Å². The third-order valence-electron chi connectivity index (χ3n) is 3.98. The van der Waals surface area contributed by atoms with Gasteiger partial charge in [0, 0.05) is 5.97 Å². The first-order valence-corrected chi connectivity index (χ1v) is 9.93. The zero-order valence-electron chi connectivity index (χ0n) is 17.9. The zero-order valence-corrected chi connectivity index (χ0v) is 17.9. The van der Waals surface area contributed by atoms with Crippen LogP contribution in [0.1, 0.15) is 73.1 Å². The van der Waals surface area contributed by atoms with Crippen molar-refractivity contribution in [2.24, 2.45) is 7.05 Å². The SMILES string of the molecule is CC(=O)[O-].CCCCCCCC[n+]1ccn(C)c1.O=C(O)c1ccccc1C(=O)O. The van der Waals surface area contributed by atoms with E-state index in [2.05, 4.69) is 41.8 Å². The number of hydrogen-bond acceptors (Lipinski definition) is 4. The number of carboxylic acids is 3. The first kappa shape index (κ1) is 26.8. The number of aromatic carboxylic acids is 2. The molecule has 0 amide bonds. The summed E-state index contributed by atoms with van der Waals surface area (Å²) in [5.74, 6) is -3.54. The number of carbonyl (C=O) groups is 3. The molecule has 0 radical (unpaired) electrons. The molecule has 2 aromatic rings. The molecule has 8 heteroatoms. The van der Waals surface area contributed by atoms with Gasteiger partial charge in [-0.3, -0.25) is 0 Å². The van der Waals surface area contributed by atoms with Crippen LogP contribution in [0.15, 0.2) is 43.0 Å². The van der Waals surface area contributed by atoms with Crippen LogP contribution in [-0.2, 0) is 18.4 Å². The maximum absolute atomic E-state index is 10.5. The van der Waals surface area contributed by atoms with Crippen LogP contribution in [0.25, 0.3) is 0 Å². The molecule has 2 N–H and O–H groups in total. The van der Waals surface area contributed by atoms with Gasteiger partial charge in [0.1, 0.15) is 12.4 Å². The lowest BCUT2D eigenvalue weighted by Crippen LogP contribution is -2.30. The van der Waals surface area contributed by atoms with Crippen molar-refractivity contribution in [3.63, 3.8) is 0 Å². The van der Waals surface area contributed by atoms with Crippen molar-refractivity contribution in [3.8, 4) is 0 Å². The normalized spacial score (nSPS) is 9.57. The topological polar surface area (TPSA) is 124 Å². The lowest BCUT2D eigenvalue weighted by Gasteiger charge is -1.98. The Bertz CT molecular complexity index is 748. The number of hydrogen-bond donors (Lipinski definition) is 2. The Kier molecular flexibility index (Phi) is 14.1. The van der Waals surface area contributed by atoms with Crippen LogP contribution in [0.4, 0.5) is 0 Å². The molecule has 0 bridgehead atoms. The fourth-order valence-electron chi connectivity index (χ4n) is 2.56. The van der Waals surface area contributed by atoms with Crippen LogP contribution in [0.3, 0.4) is 0 Å². The predicted octanol–water partition coefficient (Wildman–Crippen LogP) is 2.51. The van der Waals surface area contributed by atoms with Crippen LogP contribution < -0.4 is 9.67 Å². The van der Waals surface area contributed by atoms with E-state index in [9.17, 15) is 9.59 Å². The van der Waals surface area contributed by atoms with Crippen molar-refractivity contribution in [2.45, 2.75) is 58.9 Å². The molecule has 0 spiro atoms. The summed E-state index contributed by atoms with van der Waals surface area (Å²) in [6.45, 7) is 4.41. The number of benzene rings is 1. The lowest BCUT2D eigenvalue weighted by molar-refractivity contribution is -0.696. The van der Waals surface area contributed by atoms with E-state index in [0.717, 1.165) is 6.92 Å². The van der Waals surface area contributed by atoms with Gasteiger partial charge in [-0.05, 0) is 31.9 Å². The van der Waals surface area contributed by atoms with E-state index >= 15 is 0 Å². The molecular formula is C22H32N2O6. The second kappa shape index (κ2) is 15.7. The Balaban J connectivity index is 0.000000481. The van der Waals surface area contributed by atoms with Gasteiger partial charge in [-0.1, -0.05) is 44.7 Å². The Hall–Kier alpha value is -3.16. The molecule has 0 unspecified atom stereocenters. The van der Waals surface area contributed by atoms with Gasteiger partial charge in [0.15, 0.2) is 0 Å². The Morgan fingerprint density at radius 1 is 0.967 bits per heavy atom. The highest BCUT2D eigenvalue weighted by Gasteiger charge is 2.13. The minimum atomic E-state index is -1.23. The minimum Gasteiger partial charge on any atom is -0.550 e. The summed E-state index contributed by atoms with van der Waals surface area (Å²) in [5.41, 5.74) is -0.380. The summed E-state index contributed by atoms with van der Waals surface area (Å²) in [4.78, 5) is 29.8. The highest BCUT2D eigenvalue weighted by Crippen LogP contribution is 2.08. The Morgan fingerprint density at radius 3 is 1.83 bits per heavy atom. The van der Waals surface area contributed by atoms with E-state index in [1.54, 1.807) is 0 Å². The van der Waals surface area contributed by atoms with Crippen LogP contribution in [0, 0.1) is 0 Å². The van der Waals surface area contributed by atoms with Gasteiger partial charge in [-0.2, -0.15) is 0 Å². The lowest BCUT2D eigenvalue weighted by atomic mass is 10.1. The summed E-state index contributed by atoms with van der Waals surface area (Å²) in [6.07, 6.45) is 14.6. The third kappa shape index (κ3) is 13.1. The summed E-state index contributed by atoms with van der Waals surface area (Å²) in [5, 5.41) is 26.0. The molecule has 0 saturated carbocycles. The molecule has 1 aromatic carbocycles. The number of aryl methyl sites for hydroxylation is 2. The van der Waals surface area contributed by atoms with Crippen molar-refractivity contribution in [1.29, 1.82) is 0 Å². The average molecular weight is 421 g/mol. The molecule has 1 heterocycles. The monoisotopic (exact) mass is 420 g/mol. The standard InChI is InChI=1S/C12H23N2.C8H6O4.C2H4O2/c1-3-4-5-6-7-8-9-14-11-10-13(2)12-14;9-7(10)5-3-1-2-4-6(5)8(11)12;1-2(3)4/h10-12H,3-9H2,1-2H3;1-4H,(H,9,10)(H,11,12);1H3,(H,3,4)/q+1;;/p-1. The number of aliphatic carboxylic acids is 1. The molecule has 8 nitrogen and oxygen atoms in total. The molecular weight excluding hydrogens is 388 g/mol. The van der Waals surface area contributed by atoms with Crippen LogP contribution in [0.2, 0.25) is 0 Å². The minimum absolute atomic E-state index is 0.190. The van der Waals surface area contributed by atoms with Gasteiger partial charge in [-0.15, -0.1) is 0 Å². The first-order chi connectivity index (χ1) is 14.2. The molecule has 30 heavy (non-hydrogen) atoms. The zero-order chi connectivity index (χ0) is 22.9. The number of imidazole rings is 1. The summed E-state index contributed by atoms with van der Waals surface area (Å²) < 4.78 is 4.36. The molecule has 0 saturated heterocycles. The van der Waals surface area contributed by atoms with E-state index in [4.69, 9.17) is 20.1 Å². The second-order valence-electron chi connectivity index (χ2n) is 6.73. The number of nitrogens with zero attached hydrogens (tertiary/aromatic N) is 2. The highest BCUT2D eigenvalue weighted by molar-refractivity contribution is 6.01. The number of aromatic nitrogens is 2. The molecule has 0 atom stereocenters. The van der Waals surface area contributed by atoms with E-state index in [0.29, 0.717) is 0 Å². The Labute approximate surface area is 177 Å². The third-order valence-corrected chi connectivity index (χ3v) is 3.98. The van der Waals surface area contributed by atoms with E-state index in [-0.39, 0.29) is 11.1 Å². The van der Waals surface area contributed by atoms with Gasteiger partial charge in [0.25, 0.3) is 0 Å². The first-order valence-electron chi connectivity index (χ1n) is 9.93. The molecule has 1 aromatic heterocycles. The van der Waals surface area contributed by atoms with Crippen molar-refractivity contribution in [2.75, 3.05) is 0 Å². The smallest absolute Gasteiger partial charge is 0.336 e. The molecule has 0 aliphatic carbocycles. The van der Waals surface area contributed by atoms with E-state index in [1.807, 2.05) is 0 Å². The van der Waals surface area contributed by atoms with Gasteiger partial charge in [0.2, 0.25) is 6.33 Å². The molecule has 0 aliphatic rings.